The van der Waals surface area contributed by atoms with Gasteiger partial charge in [-0.2, -0.15) is 0 Å². The third kappa shape index (κ3) is 3.92. The molecule has 158 valence electrons. The molecule has 0 spiro atoms. The standard InChI is InChI=1S/C23H21ClN4O3/c1-26-13-18(16-6-4-3-5-7-16)20-21(26)22(30)27(2)23(31)28(20)14-19(29)25-12-15-8-10-17(24)11-9-15/h3-11,13H,12,14H2,1-2H3,(H,25,29). The monoisotopic (exact) mass is 436 g/mol. The van der Waals surface area contributed by atoms with Crippen LogP contribution in [-0.4, -0.2) is 19.6 Å². The summed E-state index contributed by atoms with van der Waals surface area (Å²) in [5.74, 6) is -0.333. The summed E-state index contributed by atoms with van der Waals surface area (Å²) >= 11 is 5.89. The Morgan fingerprint density at radius 2 is 1.65 bits per heavy atom. The quantitative estimate of drug-likeness (QED) is 0.522. The zero-order valence-electron chi connectivity index (χ0n) is 17.1. The largest absolute Gasteiger partial charge is 0.350 e. The molecule has 0 aliphatic rings. The molecule has 0 fully saturated rings. The number of aryl methyl sites for hydroxylation is 1. The van der Waals surface area contributed by atoms with E-state index in [1.54, 1.807) is 23.7 Å². The molecule has 0 unspecified atom stereocenters. The molecule has 2 heterocycles. The van der Waals surface area contributed by atoms with E-state index in [1.807, 2.05) is 48.7 Å². The maximum Gasteiger partial charge on any atom is 0.331 e. The van der Waals surface area contributed by atoms with Crippen LogP contribution in [0.5, 0.6) is 0 Å². The number of benzene rings is 2. The number of nitrogens with one attached hydrogen (secondary N) is 1. The van der Waals surface area contributed by atoms with E-state index < -0.39 is 11.2 Å². The zero-order valence-corrected chi connectivity index (χ0v) is 17.9. The van der Waals surface area contributed by atoms with Crippen molar-refractivity contribution >= 4 is 28.5 Å². The number of fused-ring (bicyclic) bond motifs is 1. The van der Waals surface area contributed by atoms with Crippen LogP contribution in [0.15, 0.2) is 70.4 Å². The Balaban J connectivity index is 1.76. The minimum absolute atomic E-state index is 0.207. The number of carbonyl (C=O) groups excluding carboxylic acids is 1. The second-order valence-corrected chi connectivity index (χ2v) is 7.79. The summed E-state index contributed by atoms with van der Waals surface area (Å²) < 4.78 is 4.08. The van der Waals surface area contributed by atoms with E-state index in [-0.39, 0.29) is 12.5 Å². The number of hydrogen-bond acceptors (Lipinski definition) is 3. The first kappa shape index (κ1) is 20.7. The van der Waals surface area contributed by atoms with Gasteiger partial charge in [-0.1, -0.05) is 54.1 Å². The normalized spacial score (nSPS) is 11.1. The Bertz CT molecular complexity index is 1380. The van der Waals surface area contributed by atoms with E-state index in [4.69, 9.17) is 11.6 Å². The lowest BCUT2D eigenvalue weighted by molar-refractivity contribution is -0.121. The second kappa shape index (κ2) is 8.28. The lowest BCUT2D eigenvalue weighted by Gasteiger charge is -2.12. The Hall–Kier alpha value is -3.58. The van der Waals surface area contributed by atoms with Gasteiger partial charge in [-0.15, -0.1) is 0 Å². The van der Waals surface area contributed by atoms with Gasteiger partial charge in [-0.3, -0.25) is 18.7 Å². The molecule has 8 heteroatoms. The molecule has 0 aliphatic heterocycles. The fourth-order valence-corrected chi connectivity index (χ4v) is 3.77. The minimum Gasteiger partial charge on any atom is -0.350 e. The summed E-state index contributed by atoms with van der Waals surface area (Å²) in [5.41, 5.74) is 2.34. The van der Waals surface area contributed by atoms with Gasteiger partial charge in [0.15, 0.2) is 0 Å². The van der Waals surface area contributed by atoms with E-state index in [0.717, 1.165) is 21.3 Å². The molecule has 0 aliphatic carbocycles. The molecule has 0 radical (unpaired) electrons. The van der Waals surface area contributed by atoms with Gasteiger partial charge in [0.1, 0.15) is 12.1 Å². The van der Waals surface area contributed by atoms with Gasteiger partial charge in [0.05, 0.1) is 5.52 Å². The van der Waals surface area contributed by atoms with Gasteiger partial charge in [0.25, 0.3) is 5.56 Å². The highest BCUT2D eigenvalue weighted by molar-refractivity contribution is 6.30. The predicted molar refractivity (Wildman–Crippen MR) is 121 cm³/mol. The Kier molecular flexibility index (Phi) is 5.52. The molecule has 4 aromatic rings. The van der Waals surface area contributed by atoms with Crippen LogP contribution in [0.25, 0.3) is 22.2 Å². The Labute approximate surface area is 183 Å². The number of carbonyl (C=O) groups is 1. The van der Waals surface area contributed by atoms with E-state index in [0.29, 0.717) is 22.6 Å². The van der Waals surface area contributed by atoms with Gasteiger partial charge < -0.3 is 9.88 Å². The van der Waals surface area contributed by atoms with Crippen molar-refractivity contribution in [1.82, 2.24) is 19.0 Å². The molecular formula is C23H21ClN4O3. The van der Waals surface area contributed by atoms with Gasteiger partial charge in [0.2, 0.25) is 5.91 Å². The summed E-state index contributed by atoms with van der Waals surface area (Å²) in [6.45, 7) is 0.0981. The molecule has 0 atom stereocenters. The van der Waals surface area contributed by atoms with Crippen LogP contribution < -0.4 is 16.6 Å². The zero-order chi connectivity index (χ0) is 22.1. The number of amides is 1. The molecular weight excluding hydrogens is 416 g/mol. The first-order valence-electron chi connectivity index (χ1n) is 9.72. The summed E-state index contributed by atoms with van der Waals surface area (Å²) in [5, 5.41) is 3.44. The maximum absolute atomic E-state index is 13.0. The number of halogens is 1. The molecule has 0 saturated heterocycles. The molecule has 2 aromatic heterocycles. The smallest absolute Gasteiger partial charge is 0.331 e. The van der Waals surface area contributed by atoms with Gasteiger partial charge >= 0.3 is 5.69 Å². The molecule has 0 bridgehead atoms. The fraction of sp³-hybridized carbons (Fsp3) is 0.174. The van der Waals surface area contributed by atoms with Crippen molar-refractivity contribution in [3.63, 3.8) is 0 Å². The molecule has 7 nitrogen and oxygen atoms in total. The first-order chi connectivity index (χ1) is 14.9. The predicted octanol–water partition coefficient (Wildman–Crippen LogP) is 2.68. The summed E-state index contributed by atoms with van der Waals surface area (Å²) in [6, 6.07) is 16.6. The molecule has 2 aromatic carbocycles. The highest BCUT2D eigenvalue weighted by Gasteiger charge is 2.20. The lowest BCUT2D eigenvalue weighted by atomic mass is 10.1. The van der Waals surface area contributed by atoms with Gasteiger partial charge in [-0.25, -0.2) is 4.79 Å². The molecule has 4 rings (SSSR count). The summed E-state index contributed by atoms with van der Waals surface area (Å²) in [6.07, 6.45) is 1.81. The van der Waals surface area contributed by atoms with Crippen LogP contribution in [0.3, 0.4) is 0 Å². The van der Waals surface area contributed by atoms with Crippen molar-refractivity contribution in [2.24, 2.45) is 14.1 Å². The number of nitrogens with zero attached hydrogens (tertiary/aromatic N) is 3. The number of aromatic nitrogens is 3. The third-order valence-corrected chi connectivity index (χ3v) is 5.49. The van der Waals surface area contributed by atoms with Crippen molar-refractivity contribution in [3.8, 4) is 11.1 Å². The van der Waals surface area contributed by atoms with E-state index in [1.165, 1.54) is 11.6 Å². The summed E-state index contributed by atoms with van der Waals surface area (Å²) in [7, 11) is 3.17. The van der Waals surface area contributed by atoms with Crippen LogP contribution in [0.2, 0.25) is 5.02 Å². The van der Waals surface area contributed by atoms with E-state index >= 15 is 0 Å². The van der Waals surface area contributed by atoms with Crippen molar-refractivity contribution in [2.45, 2.75) is 13.1 Å². The molecule has 1 amide bonds. The van der Waals surface area contributed by atoms with Crippen molar-refractivity contribution < 1.29 is 4.79 Å². The average Bonchev–Trinajstić information content (AvgIpc) is 3.12. The van der Waals surface area contributed by atoms with Gasteiger partial charge in [0, 0.05) is 37.4 Å². The number of hydrogen-bond donors (Lipinski definition) is 1. The van der Waals surface area contributed by atoms with Crippen molar-refractivity contribution in [2.75, 3.05) is 0 Å². The molecule has 31 heavy (non-hydrogen) atoms. The van der Waals surface area contributed by atoms with E-state index in [2.05, 4.69) is 5.32 Å². The van der Waals surface area contributed by atoms with Crippen LogP contribution in [0.4, 0.5) is 0 Å². The van der Waals surface area contributed by atoms with Crippen LogP contribution in [-0.2, 0) is 32.0 Å². The second-order valence-electron chi connectivity index (χ2n) is 7.35. The average molecular weight is 437 g/mol. The van der Waals surface area contributed by atoms with E-state index in [9.17, 15) is 14.4 Å². The van der Waals surface area contributed by atoms with Crippen LogP contribution in [0.1, 0.15) is 5.56 Å². The van der Waals surface area contributed by atoms with Crippen LogP contribution in [0, 0.1) is 0 Å². The maximum atomic E-state index is 13.0. The SMILES string of the molecule is Cn1c(=O)c2c(c(-c3ccccc3)cn2C)n(CC(=O)NCc2ccc(Cl)cc2)c1=O. The van der Waals surface area contributed by atoms with Crippen molar-refractivity contribution in [3.05, 3.63) is 92.2 Å². The number of rotatable bonds is 5. The van der Waals surface area contributed by atoms with Gasteiger partial charge in [-0.05, 0) is 23.3 Å². The topological polar surface area (TPSA) is 78.0 Å². The molecule has 1 N–H and O–H groups in total. The highest BCUT2D eigenvalue weighted by atomic mass is 35.5. The third-order valence-electron chi connectivity index (χ3n) is 5.24. The Morgan fingerprint density at radius 1 is 0.968 bits per heavy atom. The highest BCUT2D eigenvalue weighted by Crippen LogP contribution is 2.27. The minimum atomic E-state index is -0.539. The summed E-state index contributed by atoms with van der Waals surface area (Å²) in [4.78, 5) is 38.5. The molecule has 0 saturated carbocycles. The fourth-order valence-electron chi connectivity index (χ4n) is 3.64. The van der Waals surface area contributed by atoms with Crippen molar-refractivity contribution in [1.29, 1.82) is 0 Å². The Morgan fingerprint density at radius 3 is 2.32 bits per heavy atom. The lowest BCUT2D eigenvalue weighted by Crippen LogP contribution is -2.41. The first-order valence-corrected chi connectivity index (χ1v) is 10.1. The van der Waals surface area contributed by atoms with Crippen LogP contribution >= 0.6 is 11.6 Å².